The van der Waals surface area contributed by atoms with E-state index in [4.69, 9.17) is 4.74 Å². The lowest BCUT2D eigenvalue weighted by atomic mass is 10.1. The minimum Gasteiger partial charge on any atom is -0.356 e. The molecule has 1 saturated heterocycles. The van der Waals surface area contributed by atoms with Crippen LogP contribution in [0.1, 0.15) is 23.4 Å². The van der Waals surface area contributed by atoms with Crippen LogP contribution in [-0.4, -0.2) is 19.3 Å². The van der Waals surface area contributed by atoms with Crippen LogP contribution in [-0.2, 0) is 14.8 Å². The monoisotopic (exact) mass is 383 g/mol. The Balaban J connectivity index is 1.82. The predicted molar refractivity (Wildman–Crippen MR) is 99.7 cm³/mol. The first kappa shape index (κ1) is 17.9. The summed E-state index contributed by atoms with van der Waals surface area (Å²) in [6.45, 7) is 0.192. The van der Waals surface area contributed by atoms with Crippen LogP contribution in [0.15, 0.2) is 89.8 Å². The van der Waals surface area contributed by atoms with Crippen LogP contribution in [0.5, 0.6) is 0 Å². The summed E-state index contributed by atoms with van der Waals surface area (Å²) in [7, 11) is -3.83. The van der Waals surface area contributed by atoms with Gasteiger partial charge in [0, 0.05) is 0 Å². The third kappa shape index (κ3) is 3.39. The third-order valence-corrected chi connectivity index (χ3v) is 6.48. The molecule has 3 aromatic carbocycles. The van der Waals surface area contributed by atoms with E-state index < -0.39 is 22.3 Å². The molecule has 2 atom stereocenters. The van der Waals surface area contributed by atoms with Gasteiger partial charge in [0.2, 0.25) is 10.0 Å². The molecule has 3 aromatic rings. The summed E-state index contributed by atoms with van der Waals surface area (Å²) < 4.78 is 47.5. The second kappa shape index (κ2) is 7.23. The molecule has 0 amide bonds. The topological polar surface area (TPSA) is 46.6 Å². The quantitative estimate of drug-likeness (QED) is 0.675. The van der Waals surface area contributed by atoms with Gasteiger partial charge in [-0.2, -0.15) is 4.31 Å². The average Bonchev–Trinajstić information content (AvgIpc) is 3.16. The van der Waals surface area contributed by atoms with E-state index in [2.05, 4.69) is 0 Å². The molecular formula is C21H18FNO3S. The Morgan fingerprint density at radius 1 is 0.815 bits per heavy atom. The van der Waals surface area contributed by atoms with E-state index in [1.165, 1.54) is 16.4 Å². The molecule has 4 nitrogen and oxygen atoms in total. The molecule has 138 valence electrons. The van der Waals surface area contributed by atoms with Crippen molar-refractivity contribution < 1.29 is 17.5 Å². The minimum absolute atomic E-state index is 0.192. The van der Waals surface area contributed by atoms with Gasteiger partial charge in [0.15, 0.2) is 6.23 Å². The number of rotatable bonds is 4. The second-order valence-corrected chi connectivity index (χ2v) is 8.15. The number of nitrogens with zero attached hydrogens (tertiary/aromatic N) is 1. The van der Waals surface area contributed by atoms with Crippen LogP contribution in [0.3, 0.4) is 0 Å². The second-order valence-electron chi connectivity index (χ2n) is 6.31. The molecule has 0 aromatic heterocycles. The van der Waals surface area contributed by atoms with Crippen molar-refractivity contribution in [3.8, 4) is 0 Å². The summed E-state index contributed by atoms with van der Waals surface area (Å²) >= 11 is 0. The Labute approximate surface area is 157 Å². The SMILES string of the molecule is O=S(=O)(c1ccccc1)N1[C@@H](c2ccc(F)cc2)CO[C@H]1c1ccccc1. The van der Waals surface area contributed by atoms with E-state index in [-0.39, 0.29) is 17.3 Å². The largest absolute Gasteiger partial charge is 0.356 e. The summed E-state index contributed by atoms with van der Waals surface area (Å²) in [4.78, 5) is 0.198. The van der Waals surface area contributed by atoms with Crippen molar-refractivity contribution in [3.63, 3.8) is 0 Å². The first-order chi connectivity index (χ1) is 13.1. The van der Waals surface area contributed by atoms with Crippen molar-refractivity contribution in [1.29, 1.82) is 0 Å². The number of hydrogen-bond donors (Lipinski definition) is 0. The van der Waals surface area contributed by atoms with E-state index in [0.717, 1.165) is 5.56 Å². The maximum atomic E-state index is 13.4. The third-order valence-electron chi connectivity index (χ3n) is 4.61. The maximum Gasteiger partial charge on any atom is 0.246 e. The van der Waals surface area contributed by atoms with Crippen molar-refractivity contribution in [3.05, 3.63) is 102 Å². The fourth-order valence-corrected chi connectivity index (χ4v) is 4.99. The molecule has 1 aliphatic heterocycles. The Morgan fingerprint density at radius 2 is 1.41 bits per heavy atom. The van der Waals surface area contributed by atoms with Gasteiger partial charge >= 0.3 is 0 Å². The normalized spacial score (nSPS) is 20.6. The van der Waals surface area contributed by atoms with Crippen LogP contribution >= 0.6 is 0 Å². The van der Waals surface area contributed by atoms with Crippen molar-refractivity contribution in [2.75, 3.05) is 6.61 Å². The number of hydrogen-bond acceptors (Lipinski definition) is 3. The van der Waals surface area contributed by atoms with Gasteiger partial charge in [0.1, 0.15) is 5.82 Å². The smallest absolute Gasteiger partial charge is 0.246 e. The van der Waals surface area contributed by atoms with Gasteiger partial charge in [0.25, 0.3) is 0 Å². The summed E-state index contributed by atoms with van der Waals surface area (Å²) in [5.41, 5.74) is 1.44. The van der Waals surface area contributed by atoms with Crippen molar-refractivity contribution in [2.24, 2.45) is 0 Å². The summed E-state index contributed by atoms with van der Waals surface area (Å²) in [5, 5.41) is 0. The molecule has 1 fully saturated rings. The zero-order valence-electron chi connectivity index (χ0n) is 14.4. The molecular weight excluding hydrogens is 365 g/mol. The average molecular weight is 383 g/mol. The van der Waals surface area contributed by atoms with Gasteiger partial charge in [-0.3, -0.25) is 0 Å². The fourth-order valence-electron chi connectivity index (χ4n) is 3.29. The number of sulfonamides is 1. The van der Waals surface area contributed by atoms with Crippen molar-refractivity contribution in [2.45, 2.75) is 17.2 Å². The molecule has 6 heteroatoms. The van der Waals surface area contributed by atoms with Gasteiger partial charge in [-0.05, 0) is 35.4 Å². The van der Waals surface area contributed by atoms with Crippen LogP contribution in [0, 0.1) is 5.82 Å². The molecule has 0 spiro atoms. The lowest BCUT2D eigenvalue weighted by Crippen LogP contribution is -2.33. The molecule has 0 bridgehead atoms. The lowest BCUT2D eigenvalue weighted by molar-refractivity contribution is 0.0681. The van der Waals surface area contributed by atoms with Crippen LogP contribution < -0.4 is 0 Å². The van der Waals surface area contributed by atoms with Crippen molar-refractivity contribution in [1.82, 2.24) is 4.31 Å². The first-order valence-electron chi connectivity index (χ1n) is 8.58. The highest BCUT2D eigenvalue weighted by Gasteiger charge is 2.44. The summed E-state index contributed by atoms with van der Waals surface area (Å²) in [6.07, 6.45) is -0.744. The van der Waals surface area contributed by atoms with Gasteiger partial charge in [-0.25, -0.2) is 12.8 Å². The minimum atomic E-state index is -3.83. The lowest BCUT2D eigenvalue weighted by Gasteiger charge is -2.28. The Morgan fingerprint density at radius 3 is 2.04 bits per heavy atom. The molecule has 27 heavy (non-hydrogen) atoms. The highest BCUT2D eigenvalue weighted by molar-refractivity contribution is 7.89. The highest BCUT2D eigenvalue weighted by atomic mass is 32.2. The Kier molecular flexibility index (Phi) is 4.78. The van der Waals surface area contributed by atoms with E-state index >= 15 is 0 Å². The van der Waals surface area contributed by atoms with E-state index in [0.29, 0.717) is 5.56 Å². The van der Waals surface area contributed by atoms with E-state index in [9.17, 15) is 12.8 Å². The summed E-state index contributed by atoms with van der Waals surface area (Å²) in [6, 6.07) is 22.8. The van der Waals surface area contributed by atoms with E-state index in [1.54, 1.807) is 42.5 Å². The van der Waals surface area contributed by atoms with Crippen LogP contribution in [0.2, 0.25) is 0 Å². The molecule has 0 radical (unpaired) electrons. The number of benzene rings is 3. The molecule has 4 rings (SSSR count). The zero-order valence-corrected chi connectivity index (χ0v) is 15.2. The summed E-state index contributed by atoms with van der Waals surface area (Å²) in [5.74, 6) is -0.366. The molecule has 1 aliphatic rings. The van der Waals surface area contributed by atoms with Gasteiger partial charge in [-0.15, -0.1) is 0 Å². The highest BCUT2D eigenvalue weighted by Crippen LogP contribution is 2.42. The maximum absolute atomic E-state index is 13.4. The van der Waals surface area contributed by atoms with Gasteiger partial charge in [-0.1, -0.05) is 60.7 Å². The Hall–Kier alpha value is -2.54. The Bertz CT molecular complexity index is 1010. The van der Waals surface area contributed by atoms with Crippen molar-refractivity contribution >= 4 is 10.0 Å². The zero-order chi connectivity index (χ0) is 18.9. The van der Waals surface area contributed by atoms with Crippen LogP contribution in [0.25, 0.3) is 0 Å². The standard InChI is InChI=1S/C21H18FNO3S/c22-18-13-11-16(12-14-18)20-15-26-21(17-7-3-1-4-8-17)23(20)27(24,25)19-9-5-2-6-10-19/h1-14,20-21H,15H2/t20-,21+/m1/s1. The van der Waals surface area contributed by atoms with Crippen LogP contribution in [0.4, 0.5) is 4.39 Å². The molecule has 0 N–H and O–H groups in total. The number of ether oxygens (including phenoxy) is 1. The van der Waals surface area contributed by atoms with Gasteiger partial charge in [0.05, 0.1) is 17.5 Å². The molecule has 0 aliphatic carbocycles. The fraction of sp³-hybridized carbons (Fsp3) is 0.143. The first-order valence-corrected chi connectivity index (χ1v) is 10.0. The molecule has 1 heterocycles. The molecule has 0 unspecified atom stereocenters. The predicted octanol–water partition coefficient (Wildman–Crippen LogP) is 4.29. The number of halogens is 1. The molecule has 0 saturated carbocycles. The van der Waals surface area contributed by atoms with E-state index in [1.807, 2.05) is 30.3 Å². The van der Waals surface area contributed by atoms with Gasteiger partial charge < -0.3 is 4.74 Å².